The summed E-state index contributed by atoms with van der Waals surface area (Å²) in [5.74, 6) is 1.23. The first-order chi connectivity index (χ1) is 10.3. The average Bonchev–Trinajstić information content (AvgIpc) is 3.21. The summed E-state index contributed by atoms with van der Waals surface area (Å²) in [4.78, 5) is 4.22. The molecule has 0 aliphatic heterocycles. The van der Waals surface area contributed by atoms with Crippen molar-refractivity contribution >= 4 is 0 Å². The fourth-order valence-corrected chi connectivity index (χ4v) is 2.21. The van der Waals surface area contributed by atoms with E-state index in [1.165, 1.54) is 26.0 Å². The van der Waals surface area contributed by atoms with Gasteiger partial charge in [-0.25, -0.2) is 9.37 Å². The maximum Gasteiger partial charge on any atom is 0.194 e. The Hall–Kier alpha value is -1.88. The van der Waals surface area contributed by atoms with Gasteiger partial charge in [0.1, 0.15) is 11.6 Å². The van der Waals surface area contributed by atoms with Crippen LogP contribution in [0.1, 0.15) is 25.2 Å². The van der Waals surface area contributed by atoms with E-state index in [0.29, 0.717) is 23.0 Å². The fourth-order valence-electron chi connectivity index (χ4n) is 2.21. The van der Waals surface area contributed by atoms with Crippen LogP contribution in [0.3, 0.4) is 0 Å². The molecule has 0 saturated heterocycles. The molecule has 1 fully saturated rings. The zero-order valence-corrected chi connectivity index (χ0v) is 12.1. The molecule has 1 aliphatic carbocycles. The SMILES string of the molecule is COc1ccc(-c2cnc(CCCNC3CC3)o2)c(F)c1. The topological polar surface area (TPSA) is 47.3 Å². The van der Waals surface area contributed by atoms with E-state index in [1.54, 1.807) is 18.3 Å². The van der Waals surface area contributed by atoms with Crippen LogP contribution in [0.25, 0.3) is 11.3 Å². The van der Waals surface area contributed by atoms with Gasteiger partial charge in [-0.15, -0.1) is 0 Å². The van der Waals surface area contributed by atoms with Crippen molar-refractivity contribution in [2.75, 3.05) is 13.7 Å². The van der Waals surface area contributed by atoms with Crippen molar-refractivity contribution < 1.29 is 13.5 Å². The number of methoxy groups -OCH3 is 1. The Morgan fingerprint density at radius 3 is 3.00 bits per heavy atom. The molecular formula is C16H19FN2O2. The molecule has 1 aromatic heterocycles. The minimum atomic E-state index is -0.368. The lowest BCUT2D eigenvalue weighted by atomic mass is 10.1. The highest BCUT2D eigenvalue weighted by Crippen LogP contribution is 2.27. The van der Waals surface area contributed by atoms with Crippen LogP contribution in [0.15, 0.2) is 28.8 Å². The molecule has 112 valence electrons. The zero-order valence-electron chi connectivity index (χ0n) is 12.1. The van der Waals surface area contributed by atoms with Crippen molar-refractivity contribution in [1.82, 2.24) is 10.3 Å². The molecule has 0 unspecified atom stereocenters. The Balaban J connectivity index is 1.60. The van der Waals surface area contributed by atoms with Gasteiger partial charge in [-0.05, 0) is 37.9 Å². The third-order valence-corrected chi connectivity index (χ3v) is 3.57. The Kier molecular flexibility index (Phi) is 4.20. The van der Waals surface area contributed by atoms with Gasteiger partial charge in [-0.2, -0.15) is 0 Å². The van der Waals surface area contributed by atoms with Gasteiger partial charge in [-0.1, -0.05) is 0 Å². The molecule has 3 rings (SSSR count). The number of benzene rings is 1. The number of oxazole rings is 1. The van der Waals surface area contributed by atoms with Crippen LogP contribution in [-0.4, -0.2) is 24.7 Å². The van der Waals surface area contributed by atoms with E-state index in [2.05, 4.69) is 10.3 Å². The molecule has 1 saturated carbocycles. The molecule has 1 aromatic carbocycles. The van der Waals surface area contributed by atoms with Gasteiger partial charge in [0.05, 0.1) is 18.9 Å². The Labute approximate surface area is 123 Å². The predicted octanol–water partition coefficient (Wildman–Crippen LogP) is 3.17. The summed E-state index contributed by atoms with van der Waals surface area (Å²) < 4.78 is 24.6. The van der Waals surface area contributed by atoms with E-state index >= 15 is 0 Å². The highest BCUT2D eigenvalue weighted by molar-refractivity contribution is 5.58. The van der Waals surface area contributed by atoms with Crippen LogP contribution in [0, 0.1) is 5.82 Å². The number of hydrogen-bond donors (Lipinski definition) is 1. The van der Waals surface area contributed by atoms with Crippen molar-refractivity contribution in [1.29, 1.82) is 0 Å². The minimum absolute atomic E-state index is 0.368. The van der Waals surface area contributed by atoms with Crippen molar-refractivity contribution in [3.05, 3.63) is 36.1 Å². The van der Waals surface area contributed by atoms with Gasteiger partial charge in [-0.3, -0.25) is 0 Å². The van der Waals surface area contributed by atoms with Crippen LogP contribution in [-0.2, 0) is 6.42 Å². The lowest BCUT2D eigenvalue weighted by Crippen LogP contribution is -2.17. The van der Waals surface area contributed by atoms with Crippen LogP contribution >= 0.6 is 0 Å². The molecule has 0 atom stereocenters. The zero-order chi connectivity index (χ0) is 14.7. The smallest absolute Gasteiger partial charge is 0.194 e. The molecule has 0 radical (unpaired) electrons. The van der Waals surface area contributed by atoms with Crippen molar-refractivity contribution in [3.8, 4) is 17.1 Å². The Morgan fingerprint density at radius 2 is 2.29 bits per heavy atom. The summed E-state index contributed by atoms with van der Waals surface area (Å²) in [6.45, 7) is 0.972. The third-order valence-electron chi connectivity index (χ3n) is 3.57. The number of rotatable bonds is 7. The normalized spacial score (nSPS) is 14.4. The molecule has 0 bridgehead atoms. The Bertz CT molecular complexity index is 608. The molecule has 1 heterocycles. The number of ether oxygens (including phenoxy) is 1. The molecule has 2 aromatic rings. The summed E-state index contributed by atoms with van der Waals surface area (Å²) in [7, 11) is 1.51. The monoisotopic (exact) mass is 290 g/mol. The van der Waals surface area contributed by atoms with E-state index < -0.39 is 0 Å². The first-order valence-electron chi connectivity index (χ1n) is 7.28. The Morgan fingerprint density at radius 1 is 1.43 bits per heavy atom. The molecule has 4 nitrogen and oxygen atoms in total. The standard InChI is InChI=1S/C16H19FN2O2/c1-20-12-6-7-13(14(17)9-12)15-10-19-16(21-15)3-2-8-18-11-4-5-11/h6-7,9-11,18H,2-5,8H2,1H3. The first-order valence-corrected chi connectivity index (χ1v) is 7.28. The average molecular weight is 290 g/mol. The molecular weight excluding hydrogens is 271 g/mol. The van der Waals surface area contributed by atoms with Crippen LogP contribution in [0.2, 0.25) is 0 Å². The number of hydrogen-bond acceptors (Lipinski definition) is 4. The molecule has 0 amide bonds. The summed E-state index contributed by atoms with van der Waals surface area (Å²) in [6, 6.07) is 5.42. The van der Waals surface area contributed by atoms with E-state index in [9.17, 15) is 4.39 Å². The molecule has 5 heteroatoms. The van der Waals surface area contributed by atoms with Gasteiger partial charge in [0.15, 0.2) is 11.7 Å². The van der Waals surface area contributed by atoms with Gasteiger partial charge >= 0.3 is 0 Å². The second-order valence-corrected chi connectivity index (χ2v) is 5.30. The second kappa shape index (κ2) is 6.26. The number of aryl methyl sites for hydroxylation is 1. The largest absolute Gasteiger partial charge is 0.497 e. The maximum atomic E-state index is 14.0. The molecule has 1 N–H and O–H groups in total. The van der Waals surface area contributed by atoms with E-state index in [1.807, 2.05) is 0 Å². The van der Waals surface area contributed by atoms with Gasteiger partial charge < -0.3 is 14.5 Å². The lowest BCUT2D eigenvalue weighted by molar-refractivity contribution is 0.411. The highest BCUT2D eigenvalue weighted by atomic mass is 19.1. The minimum Gasteiger partial charge on any atom is -0.497 e. The fraction of sp³-hybridized carbons (Fsp3) is 0.438. The van der Waals surface area contributed by atoms with Crippen molar-refractivity contribution in [3.63, 3.8) is 0 Å². The van der Waals surface area contributed by atoms with Crippen LogP contribution in [0.4, 0.5) is 4.39 Å². The number of nitrogens with one attached hydrogen (secondary N) is 1. The molecule has 1 aliphatic rings. The molecule has 21 heavy (non-hydrogen) atoms. The number of nitrogens with zero attached hydrogens (tertiary/aromatic N) is 1. The summed E-state index contributed by atoms with van der Waals surface area (Å²) in [6.07, 6.45) is 5.90. The second-order valence-electron chi connectivity index (χ2n) is 5.30. The highest BCUT2D eigenvalue weighted by Gasteiger charge is 2.19. The van der Waals surface area contributed by atoms with Crippen molar-refractivity contribution in [2.24, 2.45) is 0 Å². The first kappa shape index (κ1) is 14.1. The van der Waals surface area contributed by atoms with Crippen LogP contribution < -0.4 is 10.1 Å². The van der Waals surface area contributed by atoms with Gasteiger partial charge in [0, 0.05) is 18.5 Å². The van der Waals surface area contributed by atoms with E-state index in [4.69, 9.17) is 9.15 Å². The number of aromatic nitrogens is 1. The van der Waals surface area contributed by atoms with E-state index in [0.717, 1.165) is 25.4 Å². The summed E-state index contributed by atoms with van der Waals surface area (Å²) in [5, 5.41) is 3.44. The summed E-state index contributed by atoms with van der Waals surface area (Å²) >= 11 is 0. The van der Waals surface area contributed by atoms with Crippen molar-refractivity contribution in [2.45, 2.75) is 31.7 Å². The molecule has 0 spiro atoms. The maximum absolute atomic E-state index is 14.0. The third kappa shape index (κ3) is 3.61. The lowest BCUT2D eigenvalue weighted by Gasteiger charge is -2.03. The van der Waals surface area contributed by atoms with E-state index in [-0.39, 0.29) is 5.82 Å². The summed E-state index contributed by atoms with van der Waals surface area (Å²) in [5.41, 5.74) is 0.408. The number of halogens is 1. The van der Waals surface area contributed by atoms with Crippen LogP contribution in [0.5, 0.6) is 5.75 Å². The van der Waals surface area contributed by atoms with Gasteiger partial charge in [0.2, 0.25) is 0 Å². The predicted molar refractivity (Wildman–Crippen MR) is 77.8 cm³/mol. The van der Waals surface area contributed by atoms with Gasteiger partial charge in [0.25, 0.3) is 0 Å². The quantitative estimate of drug-likeness (QED) is 0.796.